The maximum atomic E-state index is 12.1. The maximum absolute atomic E-state index is 12.1. The van der Waals surface area contributed by atoms with Gasteiger partial charge >= 0.3 is 5.97 Å². The Labute approximate surface area is 112 Å². The number of nitrogens with zero attached hydrogens (tertiary/aromatic N) is 1. The zero-order valence-corrected chi connectivity index (χ0v) is 10.9. The van der Waals surface area contributed by atoms with Crippen molar-refractivity contribution in [3.8, 4) is 0 Å². The van der Waals surface area contributed by atoms with Crippen LogP contribution in [0.1, 0.15) is 30.9 Å². The average Bonchev–Trinajstić information content (AvgIpc) is 2.88. The Morgan fingerprint density at radius 1 is 1.42 bits per heavy atom. The van der Waals surface area contributed by atoms with Crippen molar-refractivity contribution in [1.29, 1.82) is 0 Å². The Bertz CT molecular complexity index is 464. The summed E-state index contributed by atoms with van der Waals surface area (Å²) in [7, 11) is 1.40. The number of benzene rings is 1. The van der Waals surface area contributed by atoms with Crippen molar-refractivity contribution in [2.24, 2.45) is 0 Å². The molecule has 0 spiro atoms. The molecule has 0 aromatic heterocycles. The highest BCUT2D eigenvalue weighted by Crippen LogP contribution is 2.45. The van der Waals surface area contributed by atoms with E-state index >= 15 is 0 Å². The Morgan fingerprint density at radius 2 is 2.21 bits per heavy atom. The highest BCUT2D eigenvalue weighted by atomic mass is 17.0. The SMILES string of the molecule is COC(=O)C12CCCON1OC(c1ccccc1)C2. The smallest absolute Gasteiger partial charge is 0.331 e. The highest BCUT2D eigenvalue weighted by Gasteiger charge is 2.56. The molecule has 0 aliphatic carbocycles. The maximum Gasteiger partial charge on any atom is 0.331 e. The van der Waals surface area contributed by atoms with Gasteiger partial charge in [0.25, 0.3) is 0 Å². The predicted molar refractivity (Wildman–Crippen MR) is 66.7 cm³/mol. The number of esters is 1. The van der Waals surface area contributed by atoms with E-state index in [9.17, 15) is 4.79 Å². The van der Waals surface area contributed by atoms with Gasteiger partial charge in [0, 0.05) is 6.42 Å². The van der Waals surface area contributed by atoms with Crippen LogP contribution in [0.5, 0.6) is 0 Å². The number of hydrogen-bond donors (Lipinski definition) is 0. The Hall–Kier alpha value is -1.43. The van der Waals surface area contributed by atoms with Crippen molar-refractivity contribution in [1.82, 2.24) is 5.23 Å². The van der Waals surface area contributed by atoms with Crippen molar-refractivity contribution in [2.75, 3.05) is 13.7 Å². The van der Waals surface area contributed by atoms with Crippen LogP contribution < -0.4 is 0 Å². The first-order chi connectivity index (χ1) is 9.26. The fourth-order valence-electron chi connectivity index (χ4n) is 2.79. The summed E-state index contributed by atoms with van der Waals surface area (Å²) < 4.78 is 4.94. The van der Waals surface area contributed by atoms with Crippen molar-refractivity contribution in [3.05, 3.63) is 35.9 Å². The molecule has 0 amide bonds. The van der Waals surface area contributed by atoms with E-state index in [0.717, 1.165) is 12.0 Å². The molecule has 0 N–H and O–H groups in total. The summed E-state index contributed by atoms with van der Waals surface area (Å²) in [4.78, 5) is 23.4. The number of ether oxygens (including phenoxy) is 1. The van der Waals surface area contributed by atoms with E-state index in [2.05, 4.69) is 0 Å². The van der Waals surface area contributed by atoms with E-state index < -0.39 is 5.54 Å². The van der Waals surface area contributed by atoms with Gasteiger partial charge in [-0.15, -0.1) is 0 Å². The topological polar surface area (TPSA) is 48.0 Å². The van der Waals surface area contributed by atoms with Gasteiger partial charge in [0.05, 0.1) is 13.7 Å². The van der Waals surface area contributed by atoms with E-state index in [4.69, 9.17) is 14.4 Å². The molecule has 2 aliphatic heterocycles. The van der Waals surface area contributed by atoms with Gasteiger partial charge in [-0.3, -0.25) is 9.68 Å². The zero-order chi connectivity index (χ0) is 13.3. The number of hydrogen-bond acceptors (Lipinski definition) is 5. The van der Waals surface area contributed by atoms with Crippen molar-refractivity contribution in [2.45, 2.75) is 30.9 Å². The fraction of sp³-hybridized carbons (Fsp3) is 0.500. The number of hydroxylamine groups is 2. The lowest BCUT2D eigenvalue weighted by Gasteiger charge is -2.35. The summed E-state index contributed by atoms with van der Waals surface area (Å²) in [5.74, 6) is -0.286. The number of carbonyl (C=O) groups is 1. The van der Waals surface area contributed by atoms with Crippen LogP contribution in [0.2, 0.25) is 0 Å². The van der Waals surface area contributed by atoms with Gasteiger partial charge in [0.15, 0.2) is 5.54 Å². The summed E-state index contributed by atoms with van der Waals surface area (Å²) in [5.41, 5.74) is 0.247. The van der Waals surface area contributed by atoms with Crippen LogP contribution in [0.25, 0.3) is 0 Å². The normalized spacial score (nSPS) is 30.9. The van der Waals surface area contributed by atoms with Crippen molar-refractivity contribution >= 4 is 5.97 Å². The summed E-state index contributed by atoms with van der Waals surface area (Å²) in [5, 5.41) is 1.36. The third-order valence-electron chi connectivity index (χ3n) is 3.78. The minimum Gasteiger partial charge on any atom is -0.467 e. The van der Waals surface area contributed by atoms with Crippen LogP contribution >= 0.6 is 0 Å². The molecular weight excluding hydrogens is 246 g/mol. The minimum absolute atomic E-state index is 0.168. The third-order valence-corrected chi connectivity index (χ3v) is 3.78. The van der Waals surface area contributed by atoms with Gasteiger partial charge in [0.1, 0.15) is 6.10 Å². The quantitative estimate of drug-likeness (QED) is 0.764. The molecule has 5 heteroatoms. The van der Waals surface area contributed by atoms with Gasteiger partial charge in [-0.2, -0.15) is 0 Å². The van der Waals surface area contributed by atoms with Crippen molar-refractivity contribution < 1.29 is 19.2 Å². The van der Waals surface area contributed by atoms with Gasteiger partial charge in [-0.25, -0.2) is 4.79 Å². The lowest BCUT2D eigenvalue weighted by molar-refractivity contribution is -0.399. The van der Waals surface area contributed by atoms with E-state index in [-0.39, 0.29) is 12.1 Å². The van der Waals surface area contributed by atoms with Crippen molar-refractivity contribution in [3.63, 3.8) is 0 Å². The molecule has 1 aromatic carbocycles. The second-order valence-corrected chi connectivity index (χ2v) is 4.93. The van der Waals surface area contributed by atoms with E-state index in [1.165, 1.54) is 12.3 Å². The van der Waals surface area contributed by atoms with E-state index in [0.29, 0.717) is 19.4 Å². The van der Waals surface area contributed by atoms with Gasteiger partial charge < -0.3 is 4.74 Å². The summed E-state index contributed by atoms with van der Waals surface area (Å²) in [6.07, 6.45) is 1.92. The first-order valence-electron chi connectivity index (χ1n) is 6.49. The second kappa shape index (κ2) is 4.92. The van der Waals surface area contributed by atoms with Crippen LogP contribution in [0, 0.1) is 0 Å². The number of carbonyl (C=O) groups excluding carboxylic acids is 1. The average molecular weight is 263 g/mol. The Kier molecular flexibility index (Phi) is 3.26. The monoisotopic (exact) mass is 263 g/mol. The number of fused-ring (bicyclic) bond motifs is 1. The second-order valence-electron chi connectivity index (χ2n) is 4.93. The van der Waals surface area contributed by atoms with Crippen LogP contribution in [0.15, 0.2) is 30.3 Å². The van der Waals surface area contributed by atoms with E-state index in [1.54, 1.807) is 0 Å². The molecule has 0 saturated carbocycles. The molecule has 2 atom stereocenters. The molecule has 102 valence electrons. The van der Waals surface area contributed by atoms with Crippen LogP contribution in [0.3, 0.4) is 0 Å². The molecule has 3 rings (SSSR count). The molecule has 0 radical (unpaired) electrons. The molecule has 2 unspecified atom stereocenters. The molecule has 0 bridgehead atoms. The molecule has 19 heavy (non-hydrogen) atoms. The standard InChI is InChI=1S/C14H17NO4/c1-17-13(16)14-8-5-9-18-15(14)19-12(10-14)11-6-3-2-4-7-11/h2-4,6-7,12H,5,8-10H2,1H3. The van der Waals surface area contributed by atoms with Gasteiger partial charge in [-0.05, 0) is 23.6 Å². The molecule has 5 nitrogen and oxygen atoms in total. The lowest BCUT2D eigenvalue weighted by atomic mass is 9.86. The zero-order valence-electron chi connectivity index (χ0n) is 10.9. The molecule has 1 aromatic rings. The Balaban J connectivity index is 1.88. The van der Waals surface area contributed by atoms with Gasteiger partial charge in [0.2, 0.25) is 0 Å². The summed E-state index contributed by atoms with van der Waals surface area (Å²) >= 11 is 0. The summed E-state index contributed by atoms with van der Waals surface area (Å²) in [6, 6.07) is 9.86. The lowest BCUT2D eigenvalue weighted by Crippen LogP contribution is -2.53. The van der Waals surface area contributed by atoms with Crippen LogP contribution in [0.4, 0.5) is 0 Å². The first-order valence-corrected chi connectivity index (χ1v) is 6.49. The van der Waals surface area contributed by atoms with E-state index in [1.807, 2.05) is 30.3 Å². The largest absolute Gasteiger partial charge is 0.467 e. The molecule has 2 heterocycles. The highest BCUT2D eigenvalue weighted by molar-refractivity contribution is 5.81. The number of methoxy groups -OCH3 is 1. The predicted octanol–water partition coefficient (Wildman–Crippen LogP) is 2.00. The fourth-order valence-corrected chi connectivity index (χ4v) is 2.79. The molecular formula is C14H17NO4. The number of rotatable bonds is 2. The van der Waals surface area contributed by atoms with Gasteiger partial charge in [-0.1, -0.05) is 30.3 Å². The molecule has 2 saturated heterocycles. The molecule has 2 aliphatic rings. The van der Waals surface area contributed by atoms with Crippen LogP contribution in [-0.2, 0) is 19.2 Å². The minimum atomic E-state index is -0.798. The molecule has 2 fully saturated rings. The van der Waals surface area contributed by atoms with Crippen LogP contribution in [-0.4, -0.2) is 30.5 Å². The summed E-state index contributed by atoms with van der Waals surface area (Å²) in [6.45, 7) is 0.570. The first kappa shape index (κ1) is 12.6. The third kappa shape index (κ3) is 2.04. The Morgan fingerprint density at radius 3 is 2.95 bits per heavy atom.